The van der Waals surface area contributed by atoms with E-state index in [2.05, 4.69) is 6.07 Å². The van der Waals surface area contributed by atoms with Gasteiger partial charge in [-0.25, -0.2) is 0 Å². The maximum atomic E-state index is 11.6. The number of benzene rings is 2. The molecule has 0 aliphatic carbocycles. The molecule has 0 bridgehead atoms. The second-order valence-electron chi connectivity index (χ2n) is 4.70. The number of hydrogen-bond acceptors (Lipinski definition) is 4. The highest BCUT2D eigenvalue weighted by molar-refractivity contribution is 7.22. The Hall–Kier alpha value is -2.46. The van der Waals surface area contributed by atoms with Crippen molar-refractivity contribution in [1.82, 2.24) is 0 Å². The topological polar surface area (TPSA) is 54.4 Å². The molecule has 4 heteroatoms. The number of hydrogen-bond donors (Lipinski definition) is 1. The summed E-state index contributed by atoms with van der Waals surface area (Å²) in [4.78, 5) is 23.1. The molecule has 3 rings (SSSR count). The third kappa shape index (κ3) is 2.71. The minimum Gasteiger partial charge on any atom is -0.508 e. The molecular weight excluding hydrogens is 284 g/mol. The molecular formula is C17H12O3S. The van der Waals surface area contributed by atoms with Crippen molar-refractivity contribution < 1.29 is 14.7 Å². The van der Waals surface area contributed by atoms with E-state index in [1.54, 1.807) is 35.6 Å². The van der Waals surface area contributed by atoms with Crippen molar-refractivity contribution in [3.05, 3.63) is 54.1 Å². The Kier molecular flexibility index (Phi) is 3.54. The van der Waals surface area contributed by atoms with Gasteiger partial charge >= 0.3 is 0 Å². The van der Waals surface area contributed by atoms with Crippen LogP contribution in [0.15, 0.2) is 48.5 Å². The van der Waals surface area contributed by atoms with Gasteiger partial charge in [-0.3, -0.25) is 4.79 Å². The lowest BCUT2D eigenvalue weighted by Gasteiger charge is -2.00. The van der Waals surface area contributed by atoms with E-state index in [0.29, 0.717) is 11.8 Å². The highest BCUT2D eigenvalue weighted by Gasteiger charge is 2.08. The molecule has 0 radical (unpaired) electrons. The van der Waals surface area contributed by atoms with E-state index in [0.717, 1.165) is 20.5 Å². The summed E-state index contributed by atoms with van der Waals surface area (Å²) >= 11 is 1.59. The summed E-state index contributed by atoms with van der Waals surface area (Å²) in [5.74, 6) is 0.0866. The molecule has 1 N–H and O–H groups in total. The van der Waals surface area contributed by atoms with Crippen molar-refractivity contribution in [2.45, 2.75) is 6.42 Å². The number of thiophene rings is 1. The molecule has 2 aromatic carbocycles. The Bertz CT molecular complexity index is 816. The maximum absolute atomic E-state index is 11.6. The van der Waals surface area contributed by atoms with Crippen LogP contribution in [-0.2, 0) is 4.79 Å². The van der Waals surface area contributed by atoms with Gasteiger partial charge in [-0.05, 0) is 35.2 Å². The van der Waals surface area contributed by atoms with Crippen LogP contribution in [0.1, 0.15) is 16.8 Å². The van der Waals surface area contributed by atoms with Crippen LogP contribution >= 0.6 is 11.3 Å². The zero-order valence-corrected chi connectivity index (χ0v) is 11.9. The van der Waals surface area contributed by atoms with Crippen molar-refractivity contribution >= 4 is 33.5 Å². The van der Waals surface area contributed by atoms with Gasteiger partial charge in [0.2, 0.25) is 0 Å². The minimum atomic E-state index is -0.169. The Morgan fingerprint density at radius 3 is 2.57 bits per heavy atom. The second kappa shape index (κ2) is 5.50. The number of phenolic OH excluding ortho intramolecular Hbond substituents is 1. The van der Waals surface area contributed by atoms with Gasteiger partial charge in [-0.1, -0.05) is 24.3 Å². The van der Waals surface area contributed by atoms with Crippen LogP contribution in [0.5, 0.6) is 5.75 Å². The quantitative estimate of drug-likeness (QED) is 0.449. The first kappa shape index (κ1) is 13.5. The summed E-state index contributed by atoms with van der Waals surface area (Å²) < 4.78 is 1.02. The number of fused-ring (bicyclic) bond motifs is 1. The molecule has 0 saturated carbocycles. The van der Waals surface area contributed by atoms with Crippen LogP contribution < -0.4 is 0 Å². The zero-order chi connectivity index (χ0) is 14.8. The molecule has 0 atom stereocenters. The molecule has 0 unspecified atom stereocenters. The van der Waals surface area contributed by atoms with Gasteiger partial charge in [0.15, 0.2) is 5.78 Å². The van der Waals surface area contributed by atoms with E-state index in [1.807, 2.05) is 18.2 Å². The largest absolute Gasteiger partial charge is 0.508 e. The monoisotopic (exact) mass is 296 g/mol. The summed E-state index contributed by atoms with van der Waals surface area (Å²) in [6, 6.07) is 14.6. The van der Waals surface area contributed by atoms with Crippen molar-refractivity contribution in [3.63, 3.8) is 0 Å². The van der Waals surface area contributed by atoms with Gasteiger partial charge in [0.25, 0.3) is 0 Å². The van der Waals surface area contributed by atoms with Gasteiger partial charge in [-0.2, -0.15) is 0 Å². The van der Waals surface area contributed by atoms with Crippen LogP contribution in [0.2, 0.25) is 0 Å². The highest BCUT2D eigenvalue weighted by atomic mass is 32.1. The Morgan fingerprint density at radius 2 is 1.86 bits per heavy atom. The average Bonchev–Trinajstić information content (AvgIpc) is 2.90. The van der Waals surface area contributed by atoms with Gasteiger partial charge in [0, 0.05) is 15.1 Å². The number of Topliss-reactive ketones (excluding diaryl/α,β-unsaturated/α-hetero) is 1. The fraction of sp³-hybridized carbons (Fsp3) is 0.0588. The molecule has 1 heterocycles. The van der Waals surface area contributed by atoms with E-state index < -0.39 is 0 Å². The SMILES string of the molecule is O=CCC(=O)c1ccc(-c2cc3ccc(O)cc3s2)cc1. The summed E-state index contributed by atoms with van der Waals surface area (Å²) in [7, 11) is 0. The Morgan fingerprint density at radius 1 is 1.10 bits per heavy atom. The lowest BCUT2D eigenvalue weighted by Crippen LogP contribution is -1.98. The normalized spacial score (nSPS) is 10.7. The molecule has 104 valence electrons. The number of rotatable bonds is 4. The Labute approximate surface area is 125 Å². The van der Waals surface area contributed by atoms with Crippen LogP contribution in [0, 0.1) is 0 Å². The molecule has 21 heavy (non-hydrogen) atoms. The fourth-order valence-electron chi connectivity index (χ4n) is 2.18. The number of aromatic hydroxyl groups is 1. The minimum absolute atomic E-state index is 0.0818. The molecule has 0 amide bonds. The van der Waals surface area contributed by atoms with E-state index >= 15 is 0 Å². The molecule has 0 aliphatic heterocycles. The predicted octanol–water partition coefficient (Wildman–Crippen LogP) is 4.05. The number of aldehydes is 1. The van der Waals surface area contributed by atoms with Gasteiger partial charge in [-0.15, -0.1) is 11.3 Å². The van der Waals surface area contributed by atoms with Gasteiger partial charge in [0.05, 0.1) is 6.42 Å². The molecule has 3 aromatic rings. The number of carbonyl (C=O) groups is 2. The first-order valence-electron chi connectivity index (χ1n) is 6.47. The summed E-state index contributed by atoms with van der Waals surface area (Å²) in [5.41, 5.74) is 1.56. The molecule has 0 spiro atoms. The first-order chi connectivity index (χ1) is 10.2. The zero-order valence-electron chi connectivity index (χ0n) is 11.1. The molecule has 0 saturated heterocycles. The predicted molar refractivity (Wildman–Crippen MR) is 83.9 cm³/mol. The first-order valence-corrected chi connectivity index (χ1v) is 7.29. The van der Waals surface area contributed by atoms with Crippen molar-refractivity contribution in [1.29, 1.82) is 0 Å². The smallest absolute Gasteiger partial charge is 0.169 e. The highest BCUT2D eigenvalue weighted by Crippen LogP contribution is 2.35. The summed E-state index contributed by atoms with van der Waals surface area (Å²) in [6.07, 6.45) is 0.538. The number of carbonyl (C=O) groups excluding carboxylic acids is 2. The van der Waals surface area contributed by atoms with E-state index in [4.69, 9.17) is 0 Å². The van der Waals surface area contributed by atoms with Crippen molar-refractivity contribution in [2.75, 3.05) is 0 Å². The fourth-order valence-corrected chi connectivity index (χ4v) is 3.28. The summed E-state index contributed by atoms with van der Waals surface area (Å²) in [6.45, 7) is 0. The van der Waals surface area contributed by atoms with Crippen LogP contribution in [-0.4, -0.2) is 17.2 Å². The molecule has 0 fully saturated rings. The average molecular weight is 296 g/mol. The van der Waals surface area contributed by atoms with Gasteiger partial charge < -0.3 is 9.90 Å². The maximum Gasteiger partial charge on any atom is 0.169 e. The van der Waals surface area contributed by atoms with E-state index in [-0.39, 0.29) is 18.0 Å². The van der Waals surface area contributed by atoms with Crippen LogP contribution in [0.4, 0.5) is 0 Å². The lowest BCUT2D eigenvalue weighted by atomic mass is 10.1. The number of phenols is 1. The third-order valence-corrected chi connectivity index (χ3v) is 4.41. The second-order valence-corrected chi connectivity index (χ2v) is 5.79. The van der Waals surface area contributed by atoms with Crippen molar-refractivity contribution in [3.8, 4) is 16.2 Å². The lowest BCUT2D eigenvalue weighted by molar-refractivity contribution is -0.107. The van der Waals surface area contributed by atoms with Gasteiger partial charge in [0.1, 0.15) is 12.0 Å². The van der Waals surface area contributed by atoms with Crippen LogP contribution in [0.3, 0.4) is 0 Å². The standard InChI is InChI=1S/C17H12O3S/c18-8-7-15(20)11-1-3-12(4-2-11)16-9-13-5-6-14(19)10-17(13)21-16/h1-6,8-10,19H,7H2. The Balaban J connectivity index is 1.95. The molecule has 3 nitrogen and oxygen atoms in total. The van der Waals surface area contributed by atoms with E-state index in [1.165, 1.54) is 0 Å². The van der Waals surface area contributed by atoms with Crippen molar-refractivity contribution in [2.24, 2.45) is 0 Å². The van der Waals surface area contributed by atoms with Crippen LogP contribution in [0.25, 0.3) is 20.5 Å². The third-order valence-electron chi connectivity index (χ3n) is 3.26. The molecule has 0 aliphatic rings. The van der Waals surface area contributed by atoms with E-state index in [9.17, 15) is 14.7 Å². The number of ketones is 1. The molecule has 1 aromatic heterocycles. The summed E-state index contributed by atoms with van der Waals surface area (Å²) in [5, 5.41) is 10.6.